The van der Waals surface area contributed by atoms with Gasteiger partial charge < -0.3 is 10.3 Å². The van der Waals surface area contributed by atoms with E-state index in [9.17, 15) is 9.59 Å². The molecule has 2 amide bonds. The molecule has 6 heteroatoms. The highest BCUT2D eigenvalue weighted by Crippen LogP contribution is 2.25. The van der Waals surface area contributed by atoms with Gasteiger partial charge in [-0.05, 0) is 55.3 Å². The van der Waals surface area contributed by atoms with E-state index >= 15 is 0 Å². The molecule has 2 aromatic carbocycles. The zero-order valence-electron chi connectivity index (χ0n) is 17.6. The number of nitrogens with one attached hydrogen (secondary N) is 2. The summed E-state index contributed by atoms with van der Waals surface area (Å²) in [6.45, 7) is 4.28. The number of amides is 2. The molecule has 4 rings (SSSR count). The van der Waals surface area contributed by atoms with Crippen LogP contribution in [0.4, 0.5) is 5.69 Å². The average Bonchev–Trinajstić information content (AvgIpc) is 3.30. The van der Waals surface area contributed by atoms with Gasteiger partial charge in [-0.15, -0.1) is 0 Å². The Kier molecular flexibility index (Phi) is 5.80. The Morgan fingerprint density at radius 1 is 1.00 bits per heavy atom. The number of rotatable bonds is 6. The maximum Gasteiger partial charge on any atom is 0.282 e. The van der Waals surface area contributed by atoms with E-state index in [1.165, 1.54) is 0 Å². The molecule has 0 spiro atoms. The number of carbonyl (C=O) groups is 2. The number of aromatic nitrogens is 1. The summed E-state index contributed by atoms with van der Waals surface area (Å²) in [5.74, 6) is 0.407. The Morgan fingerprint density at radius 2 is 1.74 bits per heavy atom. The first-order chi connectivity index (χ1) is 15.0. The first-order valence-electron chi connectivity index (χ1n) is 10.2. The summed E-state index contributed by atoms with van der Waals surface area (Å²) < 4.78 is 0. The molecule has 2 heterocycles. The van der Waals surface area contributed by atoms with Crippen LogP contribution >= 0.6 is 0 Å². The molecule has 0 fully saturated rings. The predicted octanol–water partition coefficient (Wildman–Crippen LogP) is 3.99. The summed E-state index contributed by atoms with van der Waals surface area (Å²) in [5, 5.41) is 2.93. The molecule has 0 aliphatic carbocycles. The van der Waals surface area contributed by atoms with E-state index in [4.69, 9.17) is 0 Å². The highest BCUT2D eigenvalue weighted by molar-refractivity contribution is 6.28. The van der Waals surface area contributed by atoms with Crippen molar-refractivity contribution in [1.29, 1.82) is 0 Å². The summed E-state index contributed by atoms with van der Waals surface area (Å²) in [6, 6.07) is 21.1. The van der Waals surface area contributed by atoms with Gasteiger partial charge in [0.25, 0.3) is 5.91 Å². The number of hydrogen-bond donors (Lipinski definition) is 2. The Labute approximate surface area is 181 Å². The minimum Gasteiger partial charge on any atom is -0.359 e. The van der Waals surface area contributed by atoms with Gasteiger partial charge in [0.15, 0.2) is 0 Å². The van der Waals surface area contributed by atoms with Crippen molar-refractivity contribution in [1.82, 2.24) is 10.3 Å². The number of benzene rings is 2. The number of amidine groups is 1. The van der Waals surface area contributed by atoms with Crippen LogP contribution in [0.2, 0.25) is 0 Å². The molecular weight excluding hydrogens is 388 g/mol. The highest BCUT2D eigenvalue weighted by Gasteiger charge is 2.29. The van der Waals surface area contributed by atoms with Crippen molar-refractivity contribution in [3.8, 4) is 0 Å². The second-order valence-electron chi connectivity index (χ2n) is 7.53. The quantitative estimate of drug-likeness (QED) is 0.601. The fraction of sp³-hybridized carbons (Fsp3) is 0.160. The molecule has 31 heavy (non-hydrogen) atoms. The van der Waals surface area contributed by atoms with Gasteiger partial charge in [0.05, 0.1) is 12.1 Å². The molecule has 0 unspecified atom stereocenters. The summed E-state index contributed by atoms with van der Waals surface area (Å²) in [4.78, 5) is 34.3. The van der Waals surface area contributed by atoms with Gasteiger partial charge in [0, 0.05) is 17.9 Å². The summed E-state index contributed by atoms with van der Waals surface area (Å²) in [5.41, 5.74) is 4.93. The molecule has 6 nitrogen and oxygen atoms in total. The standard InChI is InChI=1S/C25H24N4O2/c1-17-8-11-21(27-17)15-23-25(31)29(18(2)28-23)22-12-9-19(10-13-22)14-24(30)26-16-20-6-4-3-5-7-20/h3-13,15,27H,14,16H2,1-2H3,(H,26,30)/b23-15-. The van der Waals surface area contributed by atoms with Crippen molar-refractivity contribution < 1.29 is 9.59 Å². The monoisotopic (exact) mass is 412 g/mol. The van der Waals surface area contributed by atoms with Crippen LogP contribution < -0.4 is 10.2 Å². The molecule has 1 aliphatic rings. The lowest BCUT2D eigenvalue weighted by atomic mass is 10.1. The van der Waals surface area contributed by atoms with Crippen LogP contribution in [0.5, 0.6) is 0 Å². The lowest BCUT2D eigenvalue weighted by Gasteiger charge is -2.16. The van der Waals surface area contributed by atoms with Crippen LogP contribution in [0.25, 0.3) is 6.08 Å². The van der Waals surface area contributed by atoms with Crippen LogP contribution in [0, 0.1) is 6.92 Å². The van der Waals surface area contributed by atoms with Crippen molar-refractivity contribution in [3.63, 3.8) is 0 Å². The first kappa shape index (κ1) is 20.3. The highest BCUT2D eigenvalue weighted by atomic mass is 16.2. The molecule has 0 radical (unpaired) electrons. The van der Waals surface area contributed by atoms with Gasteiger partial charge in [0.2, 0.25) is 5.91 Å². The summed E-state index contributed by atoms with van der Waals surface area (Å²) >= 11 is 0. The lowest BCUT2D eigenvalue weighted by molar-refractivity contribution is -0.120. The molecule has 0 saturated heterocycles. The topological polar surface area (TPSA) is 77.6 Å². The number of nitrogens with zero attached hydrogens (tertiary/aromatic N) is 2. The number of aryl methyl sites for hydroxylation is 1. The maximum absolute atomic E-state index is 12.9. The van der Waals surface area contributed by atoms with Gasteiger partial charge in [-0.25, -0.2) is 4.99 Å². The number of hydrogen-bond acceptors (Lipinski definition) is 3. The van der Waals surface area contributed by atoms with Crippen molar-refractivity contribution in [2.75, 3.05) is 4.90 Å². The van der Waals surface area contributed by atoms with Gasteiger partial charge in [-0.3, -0.25) is 14.5 Å². The van der Waals surface area contributed by atoms with E-state index < -0.39 is 0 Å². The van der Waals surface area contributed by atoms with Gasteiger partial charge in [-0.2, -0.15) is 0 Å². The number of carbonyl (C=O) groups excluding carboxylic acids is 2. The average molecular weight is 412 g/mol. The molecular formula is C25H24N4O2. The van der Waals surface area contributed by atoms with Crippen molar-refractivity contribution in [2.24, 2.45) is 4.99 Å². The smallest absolute Gasteiger partial charge is 0.282 e. The molecule has 156 valence electrons. The van der Waals surface area contributed by atoms with Gasteiger partial charge in [-0.1, -0.05) is 42.5 Å². The Bertz CT molecular complexity index is 1160. The summed E-state index contributed by atoms with van der Waals surface area (Å²) in [7, 11) is 0. The van der Waals surface area contributed by atoms with Crippen molar-refractivity contribution >= 4 is 29.4 Å². The van der Waals surface area contributed by atoms with Crippen LogP contribution in [0.1, 0.15) is 29.4 Å². The van der Waals surface area contributed by atoms with E-state index in [0.717, 1.165) is 28.2 Å². The number of aromatic amines is 1. The minimum atomic E-state index is -0.168. The van der Waals surface area contributed by atoms with E-state index in [0.29, 0.717) is 18.1 Å². The fourth-order valence-electron chi connectivity index (χ4n) is 3.50. The van der Waals surface area contributed by atoms with E-state index in [-0.39, 0.29) is 18.2 Å². The molecule has 1 aromatic heterocycles. The van der Waals surface area contributed by atoms with Crippen molar-refractivity contribution in [3.05, 3.63) is 94.9 Å². The van der Waals surface area contributed by atoms with Crippen LogP contribution in [0.15, 0.2) is 77.4 Å². The van der Waals surface area contributed by atoms with Crippen LogP contribution in [0.3, 0.4) is 0 Å². The Hall–Kier alpha value is -3.93. The van der Waals surface area contributed by atoms with Crippen LogP contribution in [-0.4, -0.2) is 22.6 Å². The Morgan fingerprint density at radius 3 is 2.42 bits per heavy atom. The Balaban J connectivity index is 1.40. The largest absolute Gasteiger partial charge is 0.359 e. The molecule has 0 saturated carbocycles. The second-order valence-corrected chi connectivity index (χ2v) is 7.53. The van der Waals surface area contributed by atoms with E-state index in [1.54, 1.807) is 11.0 Å². The maximum atomic E-state index is 12.9. The number of H-pyrrole nitrogens is 1. The predicted molar refractivity (Wildman–Crippen MR) is 123 cm³/mol. The zero-order chi connectivity index (χ0) is 21.8. The van der Waals surface area contributed by atoms with Gasteiger partial charge >= 0.3 is 0 Å². The van der Waals surface area contributed by atoms with Crippen LogP contribution in [-0.2, 0) is 22.6 Å². The second kappa shape index (κ2) is 8.83. The molecule has 1 aliphatic heterocycles. The SMILES string of the molecule is CC1=N/C(=C\c2ccc(C)[nH]2)C(=O)N1c1ccc(CC(=O)NCc2ccccc2)cc1. The van der Waals surface area contributed by atoms with Gasteiger partial charge in [0.1, 0.15) is 11.5 Å². The number of anilines is 1. The third-order valence-corrected chi connectivity index (χ3v) is 5.07. The fourth-order valence-corrected chi connectivity index (χ4v) is 3.50. The summed E-state index contributed by atoms with van der Waals surface area (Å²) in [6.07, 6.45) is 2.04. The van der Waals surface area contributed by atoms with E-state index in [1.807, 2.05) is 80.6 Å². The zero-order valence-corrected chi connectivity index (χ0v) is 17.6. The third-order valence-electron chi connectivity index (χ3n) is 5.07. The van der Waals surface area contributed by atoms with Crippen molar-refractivity contribution in [2.45, 2.75) is 26.8 Å². The van der Waals surface area contributed by atoms with E-state index in [2.05, 4.69) is 15.3 Å². The molecule has 0 bridgehead atoms. The molecule has 0 atom stereocenters. The first-order valence-corrected chi connectivity index (χ1v) is 10.2. The minimum absolute atomic E-state index is 0.0435. The number of aliphatic imine (C=N–C) groups is 1. The third kappa shape index (κ3) is 4.80. The normalized spacial score (nSPS) is 14.8. The lowest BCUT2D eigenvalue weighted by Crippen LogP contribution is -2.30. The molecule has 3 aromatic rings. The molecule has 2 N–H and O–H groups in total.